The summed E-state index contributed by atoms with van der Waals surface area (Å²) in [6, 6.07) is 13.5. The smallest absolute Gasteiger partial charge is 0.228 e. The lowest BCUT2D eigenvalue weighted by Crippen LogP contribution is -2.23. The van der Waals surface area contributed by atoms with E-state index < -0.39 is 5.92 Å². The topological polar surface area (TPSA) is 81.0 Å². The monoisotopic (exact) mass is 413 g/mol. The number of para-hydroxylation sites is 1. The van der Waals surface area contributed by atoms with E-state index in [9.17, 15) is 10.1 Å². The summed E-state index contributed by atoms with van der Waals surface area (Å²) in [5.41, 5.74) is 7.75. The molecule has 1 aromatic carbocycles. The van der Waals surface area contributed by atoms with Crippen molar-refractivity contribution in [2.24, 2.45) is 5.73 Å². The van der Waals surface area contributed by atoms with E-state index in [2.05, 4.69) is 22.0 Å². The Kier molecular flexibility index (Phi) is 3.67. The van der Waals surface area contributed by atoms with Crippen LogP contribution >= 0.6 is 27.3 Å². The van der Waals surface area contributed by atoms with Gasteiger partial charge in [0.2, 0.25) is 11.8 Å². The number of rotatable bonds is 1. The van der Waals surface area contributed by atoms with E-state index in [1.807, 2.05) is 36.4 Å². The number of aromatic nitrogens is 1. The van der Waals surface area contributed by atoms with Gasteiger partial charge in [0.1, 0.15) is 11.6 Å². The third-order valence-corrected chi connectivity index (χ3v) is 5.91. The number of benzene rings is 1. The number of carbonyl (C=O) groups excluding carboxylic acids is 1. The third-order valence-electron chi connectivity index (χ3n) is 4.22. The zero-order chi connectivity index (χ0) is 17.7. The molecule has 5 nitrogen and oxygen atoms in total. The average molecular weight is 414 g/mol. The molecule has 1 aliphatic heterocycles. The van der Waals surface area contributed by atoms with Crippen LogP contribution in [-0.2, 0) is 0 Å². The summed E-state index contributed by atoms with van der Waals surface area (Å²) >= 11 is 4.97. The van der Waals surface area contributed by atoms with Crippen LogP contribution in [0.5, 0.6) is 5.75 Å². The first-order valence-corrected chi connectivity index (χ1v) is 9.11. The van der Waals surface area contributed by atoms with Gasteiger partial charge in [-0.1, -0.05) is 12.1 Å². The van der Waals surface area contributed by atoms with Crippen LogP contribution in [-0.4, -0.2) is 10.5 Å². The molecule has 0 saturated carbocycles. The second-order valence-electron chi connectivity index (χ2n) is 5.65. The van der Waals surface area contributed by atoms with Gasteiger partial charge < -0.3 is 10.5 Å². The number of nitrogens with zero attached hydrogens (tertiary/aromatic N) is 2. The molecule has 0 bridgehead atoms. The fraction of sp³-hybridized carbons (Fsp3) is 0.111. The summed E-state index contributed by atoms with van der Waals surface area (Å²) in [6.07, 6.45) is 0. The van der Waals surface area contributed by atoms with Gasteiger partial charge in [0.15, 0.2) is 5.75 Å². The average Bonchev–Trinajstić information content (AvgIpc) is 3.15. The number of allylic oxidation sites excluding steroid dienone is 1. The maximum Gasteiger partial charge on any atom is 0.228 e. The van der Waals surface area contributed by atoms with E-state index in [0.29, 0.717) is 17.0 Å². The lowest BCUT2D eigenvalue weighted by molar-refractivity contribution is 0.0937. The van der Waals surface area contributed by atoms with Crippen molar-refractivity contribution >= 4 is 44.1 Å². The number of thiophene rings is 1. The van der Waals surface area contributed by atoms with Crippen LogP contribution in [0.25, 0.3) is 10.9 Å². The van der Waals surface area contributed by atoms with Gasteiger partial charge in [0.05, 0.1) is 20.9 Å². The SMILES string of the molecule is CC(=O)n1c2c(c3ccccc31)OC(N)=C(C#N)C2c1ccc(Br)s1. The Morgan fingerprint density at radius 3 is 2.76 bits per heavy atom. The van der Waals surface area contributed by atoms with E-state index in [0.717, 1.165) is 19.6 Å². The van der Waals surface area contributed by atoms with Gasteiger partial charge in [-0.3, -0.25) is 9.36 Å². The molecule has 2 aromatic heterocycles. The Morgan fingerprint density at radius 1 is 1.36 bits per heavy atom. The number of carbonyl (C=O) groups is 1. The number of hydrogen-bond donors (Lipinski definition) is 1. The number of ether oxygens (including phenoxy) is 1. The normalized spacial score (nSPS) is 16.4. The summed E-state index contributed by atoms with van der Waals surface area (Å²) in [5, 5.41) is 10.5. The molecule has 124 valence electrons. The fourth-order valence-electron chi connectivity index (χ4n) is 3.26. The Labute approximate surface area is 156 Å². The van der Waals surface area contributed by atoms with E-state index in [4.69, 9.17) is 10.5 Å². The highest BCUT2D eigenvalue weighted by atomic mass is 79.9. The number of nitrogens with two attached hydrogens (primary N) is 1. The molecule has 4 rings (SSSR count). The molecule has 7 heteroatoms. The van der Waals surface area contributed by atoms with Gasteiger partial charge in [-0.15, -0.1) is 11.3 Å². The Hall–Kier alpha value is -2.56. The van der Waals surface area contributed by atoms with Crippen LogP contribution in [0.4, 0.5) is 0 Å². The van der Waals surface area contributed by atoms with Gasteiger partial charge >= 0.3 is 0 Å². The van der Waals surface area contributed by atoms with E-state index in [1.54, 1.807) is 4.57 Å². The maximum atomic E-state index is 12.4. The molecular weight excluding hydrogens is 402 g/mol. The lowest BCUT2D eigenvalue weighted by atomic mass is 9.92. The molecule has 25 heavy (non-hydrogen) atoms. The third kappa shape index (κ3) is 2.29. The molecule has 0 radical (unpaired) electrons. The van der Waals surface area contributed by atoms with Crippen molar-refractivity contribution in [3.63, 3.8) is 0 Å². The van der Waals surface area contributed by atoms with Crippen molar-refractivity contribution in [2.45, 2.75) is 12.8 Å². The molecule has 3 aromatic rings. The molecule has 1 aliphatic rings. The highest BCUT2D eigenvalue weighted by Crippen LogP contribution is 2.48. The first-order valence-electron chi connectivity index (χ1n) is 7.50. The van der Waals surface area contributed by atoms with Crippen molar-refractivity contribution < 1.29 is 9.53 Å². The summed E-state index contributed by atoms with van der Waals surface area (Å²) in [6.45, 7) is 1.50. The predicted molar refractivity (Wildman–Crippen MR) is 99.6 cm³/mol. The van der Waals surface area contributed by atoms with Crippen LogP contribution in [0.15, 0.2) is 51.6 Å². The van der Waals surface area contributed by atoms with Gasteiger partial charge in [-0.05, 0) is 40.2 Å². The lowest BCUT2D eigenvalue weighted by Gasteiger charge is -2.24. The van der Waals surface area contributed by atoms with Crippen LogP contribution in [0.1, 0.15) is 28.2 Å². The first-order chi connectivity index (χ1) is 12.0. The molecular formula is C18H12BrN3O2S. The van der Waals surface area contributed by atoms with Crippen LogP contribution < -0.4 is 10.5 Å². The predicted octanol–water partition coefficient (Wildman–Crippen LogP) is 4.34. The Bertz CT molecular complexity index is 1100. The molecule has 1 unspecified atom stereocenters. The van der Waals surface area contributed by atoms with Crippen molar-refractivity contribution in [3.05, 3.63) is 62.2 Å². The Morgan fingerprint density at radius 2 is 2.12 bits per heavy atom. The Balaban J connectivity index is 2.12. The van der Waals surface area contributed by atoms with Crippen LogP contribution in [0.2, 0.25) is 0 Å². The summed E-state index contributed by atoms with van der Waals surface area (Å²) in [7, 11) is 0. The van der Waals surface area contributed by atoms with Crippen molar-refractivity contribution in [2.75, 3.05) is 0 Å². The molecule has 0 amide bonds. The zero-order valence-corrected chi connectivity index (χ0v) is 15.5. The van der Waals surface area contributed by atoms with Crippen molar-refractivity contribution in [1.29, 1.82) is 5.26 Å². The molecule has 2 N–H and O–H groups in total. The highest BCUT2D eigenvalue weighted by Gasteiger charge is 2.37. The quantitative estimate of drug-likeness (QED) is 0.642. The summed E-state index contributed by atoms with van der Waals surface area (Å²) in [4.78, 5) is 13.3. The summed E-state index contributed by atoms with van der Waals surface area (Å²) < 4.78 is 8.35. The van der Waals surface area contributed by atoms with Gasteiger partial charge in [0.25, 0.3) is 0 Å². The molecule has 0 aliphatic carbocycles. The molecule has 0 spiro atoms. The highest BCUT2D eigenvalue weighted by molar-refractivity contribution is 9.11. The first kappa shape index (κ1) is 15.9. The molecule has 0 fully saturated rings. The fourth-order valence-corrected chi connectivity index (χ4v) is 4.80. The largest absolute Gasteiger partial charge is 0.438 e. The van der Waals surface area contributed by atoms with Gasteiger partial charge in [0, 0.05) is 17.2 Å². The van der Waals surface area contributed by atoms with E-state index in [1.165, 1.54) is 18.3 Å². The standard InChI is InChI=1S/C18H12BrN3O2S/c1-9(23)22-12-5-3-2-4-10(12)17-16(22)15(11(8-20)18(21)24-17)13-6-7-14(19)25-13/h2-7,15H,21H2,1H3. The minimum atomic E-state index is -0.443. The number of fused-ring (bicyclic) bond motifs is 3. The van der Waals surface area contributed by atoms with Crippen LogP contribution in [0.3, 0.4) is 0 Å². The van der Waals surface area contributed by atoms with Crippen molar-refractivity contribution in [3.8, 4) is 11.8 Å². The van der Waals surface area contributed by atoms with Crippen molar-refractivity contribution in [1.82, 2.24) is 4.57 Å². The molecule has 1 atom stereocenters. The number of nitriles is 1. The van der Waals surface area contributed by atoms with Gasteiger partial charge in [-0.2, -0.15) is 5.26 Å². The summed E-state index contributed by atoms with van der Waals surface area (Å²) in [5.74, 6) is 0.0357. The number of halogens is 1. The number of hydrogen-bond acceptors (Lipinski definition) is 5. The molecule has 3 heterocycles. The zero-order valence-electron chi connectivity index (χ0n) is 13.1. The molecule has 0 saturated heterocycles. The minimum absolute atomic E-state index is 0.0796. The van der Waals surface area contributed by atoms with E-state index >= 15 is 0 Å². The second-order valence-corrected chi connectivity index (χ2v) is 8.15. The second kappa shape index (κ2) is 5.76. The maximum absolute atomic E-state index is 12.4. The van der Waals surface area contributed by atoms with Gasteiger partial charge in [-0.25, -0.2) is 0 Å². The van der Waals surface area contributed by atoms with E-state index in [-0.39, 0.29) is 11.8 Å². The minimum Gasteiger partial charge on any atom is -0.438 e. The van der Waals surface area contributed by atoms with Crippen LogP contribution in [0, 0.1) is 11.3 Å².